The minimum atomic E-state index is -0.367. The van der Waals surface area contributed by atoms with E-state index < -0.39 is 0 Å². The summed E-state index contributed by atoms with van der Waals surface area (Å²) in [6.45, 7) is 3.76. The molecule has 0 saturated carbocycles. The molecule has 2 N–H and O–H groups in total. The second-order valence-corrected chi connectivity index (χ2v) is 4.34. The molecule has 6 heteroatoms. The van der Waals surface area contributed by atoms with Crippen LogP contribution < -0.4 is 5.32 Å². The predicted molar refractivity (Wildman–Crippen MR) is 73.1 cm³/mol. The molecular weight excluding hydrogens is 244 g/mol. The zero-order valence-electron chi connectivity index (χ0n) is 10.9. The number of anilines is 1. The first kappa shape index (κ1) is 13.1. The number of nitrogens with zero attached hydrogens (tertiary/aromatic N) is 2. The van der Waals surface area contributed by atoms with Crippen molar-refractivity contribution in [2.45, 2.75) is 26.3 Å². The number of nitro benzene ring substituents is 1. The van der Waals surface area contributed by atoms with Crippen LogP contribution in [0.15, 0.2) is 30.6 Å². The van der Waals surface area contributed by atoms with Gasteiger partial charge < -0.3 is 10.3 Å². The third-order valence-electron chi connectivity index (χ3n) is 3.00. The summed E-state index contributed by atoms with van der Waals surface area (Å²) < 4.78 is 0. The van der Waals surface area contributed by atoms with Crippen molar-refractivity contribution in [3.05, 3.63) is 52.1 Å². The molecule has 100 valence electrons. The first-order valence-corrected chi connectivity index (χ1v) is 6.12. The maximum atomic E-state index is 10.9. The Bertz CT molecular complexity index is 566. The average molecular weight is 260 g/mol. The number of hydrogen-bond donors (Lipinski definition) is 2. The fraction of sp³-hybridized carbons (Fsp3) is 0.308. The lowest BCUT2D eigenvalue weighted by Gasteiger charge is -2.16. The first-order valence-electron chi connectivity index (χ1n) is 6.12. The van der Waals surface area contributed by atoms with E-state index in [-0.39, 0.29) is 16.7 Å². The molecular formula is C13H16N4O2. The monoisotopic (exact) mass is 260 g/mol. The summed E-state index contributed by atoms with van der Waals surface area (Å²) in [5, 5.41) is 14.2. The Hall–Kier alpha value is -2.37. The molecule has 1 unspecified atom stereocenters. The van der Waals surface area contributed by atoms with Crippen molar-refractivity contribution in [3.8, 4) is 0 Å². The van der Waals surface area contributed by atoms with Crippen molar-refractivity contribution in [1.29, 1.82) is 0 Å². The molecule has 0 bridgehead atoms. The van der Waals surface area contributed by atoms with Crippen LogP contribution >= 0.6 is 0 Å². The molecule has 6 nitrogen and oxygen atoms in total. The number of hydrogen-bond acceptors (Lipinski definition) is 4. The van der Waals surface area contributed by atoms with Crippen LogP contribution in [-0.4, -0.2) is 14.9 Å². The van der Waals surface area contributed by atoms with E-state index >= 15 is 0 Å². The Morgan fingerprint density at radius 3 is 2.89 bits per heavy atom. The summed E-state index contributed by atoms with van der Waals surface area (Å²) in [5.74, 6) is 0.825. The van der Waals surface area contributed by atoms with Crippen molar-refractivity contribution < 1.29 is 4.92 Å². The number of aromatic amines is 1. The highest BCUT2D eigenvalue weighted by molar-refractivity contribution is 5.55. The van der Waals surface area contributed by atoms with Crippen LogP contribution in [0.3, 0.4) is 0 Å². The number of imidazole rings is 1. The molecule has 0 amide bonds. The third-order valence-corrected chi connectivity index (χ3v) is 3.00. The third kappa shape index (κ3) is 2.90. The molecule has 0 saturated heterocycles. The lowest BCUT2D eigenvalue weighted by Crippen LogP contribution is -2.11. The number of benzene rings is 1. The molecule has 1 aromatic carbocycles. The van der Waals surface area contributed by atoms with Gasteiger partial charge in [-0.1, -0.05) is 13.0 Å². The summed E-state index contributed by atoms with van der Waals surface area (Å²) in [4.78, 5) is 17.8. The maximum absolute atomic E-state index is 10.9. The van der Waals surface area contributed by atoms with Gasteiger partial charge >= 0.3 is 0 Å². The van der Waals surface area contributed by atoms with Gasteiger partial charge in [0.15, 0.2) is 0 Å². The van der Waals surface area contributed by atoms with Crippen molar-refractivity contribution in [3.63, 3.8) is 0 Å². The molecule has 0 aliphatic heterocycles. The minimum absolute atomic E-state index is 0.0114. The molecule has 1 aromatic heterocycles. The summed E-state index contributed by atoms with van der Waals surface area (Å²) in [7, 11) is 0. The van der Waals surface area contributed by atoms with Crippen LogP contribution in [0.25, 0.3) is 0 Å². The lowest BCUT2D eigenvalue weighted by molar-refractivity contribution is -0.385. The number of aryl methyl sites for hydroxylation is 1. The van der Waals surface area contributed by atoms with Crippen LogP contribution in [0.1, 0.15) is 30.8 Å². The summed E-state index contributed by atoms with van der Waals surface area (Å²) in [6, 6.07) is 5.15. The molecule has 0 radical (unpaired) electrons. The second-order valence-electron chi connectivity index (χ2n) is 4.34. The summed E-state index contributed by atoms with van der Waals surface area (Å²) in [5.41, 5.74) is 1.50. The maximum Gasteiger partial charge on any atom is 0.274 e. The van der Waals surface area contributed by atoms with E-state index in [0.717, 1.165) is 17.9 Å². The lowest BCUT2D eigenvalue weighted by atomic mass is 10.1. The molecule has 1 atom stereocenters. The minimum Gasteiger partial charge on any atom is -0.375 e. The fourth-order valence-electron chi connectivity index (χ4n) is 1.93. The molecule has 0 aliphatic rings. The normalized spacial score (nSPS) is 12.1. The van der Waals surface area contributed by atoms with E-state index in [0.29, 0.717) is 5.56 Å². The van der Waals surface area contributed by atoms with Gasteiger partial charge in [0.05, 0.1) is 11.0 Å². The van der Waals surface area contributed by atoms with Crippen molar-refractivity contribution >= 4 is 11.4 Å². The fourth-order valence-corrected chi connectivity index (χ4v) is 1.93. The summed E-state index contributed by atoms with van der Waals surface area (Å²) >= 11 is 0. The van der Waals surface area contributed by atoms with E-state index in [9.17, 15) is 10.1 Å². The van der Waals surface area contributed by atoms with Gasteiger partial charge in [0.25, 0.3) is 5.69 Å². The van der Waals surface area contributed by atoms with Gasteiger partial charge in [-0.15, -0.1) is 0 Å². The van der Waals surface area contributed by atoms with Crippen molar-refractivity contribution in [1.82, 2.24) is 9.97 Å². The molecule has 2 rings (SSSR count). The SMILES string of the molecule is CCC(Nc1ccc(C)c([N+](=O)[O-])c1)c1ncc[nH]1. The van der Waals surface area contributed by atoms with Gasteiger partial charge in [0.2, 0.25) is 0 Å². The largest absolute Gasteiger partial charge is 0.375 e. The zero-order valence-corrected chi connectivity index (χ0v) is 10.9. The second kappa shape index (κ2) is 5.51. The highest BCUT2D eigenvalue weighted by Crippen LogP contribution is 2.25. The number of nitro groups is 1. The van der Waals surface area contributed by atoms with Gasteiger partial charge in [-0.25, -0.2) is 4.98 Å². The molecule has 0 aliphatic carbocycles. The Kier molecular flexibility index (Phi) is 3.79. The topological polar surface area (TPSA) is 83.8 Å². The number of rotatable bonds is 5. The van der Waals surface area contributed by atoms with Gasteiger partial charge in [-0.05, 0) is 19.4 Å². The van der Waals surface area contributed by atoms with Crippen molar-refractivity contribution in [2.24, 2.45) is 0 Å². The smallest absolute Gasteiger partial charge is 0.274 e. The van der Waals surface area contributed by atoms with Crippen molar-refractivity contribution in [2.75, 3.05) is 5.32 Å². The number of H-pyrrole nitrogens is 1. The molecule has 0 fully saturated rings. The van der Waals surface area contributed by atoms with Crippen LogP contribution in [-0.2, 0) is 0 Å². The highest BCUT2D eigenvalue weighted by Gasteiger charge is 2.15. The standard InChI is InChI=1S/C13H16N4O2/c1-3-11(13-14-6-7-15-13)16-10-5-4-9(2)12(8-10)17(18)19/h4-8,11,16H,3H2,1-2H3,(H,14,15). The molecule has 1 heterocycles. The zero-order chi connectivity index (χ0) is 13.8. The molecule has 0 spiro atoms. The first-order chi connectivity index (χ1) is 9.11. The van der Waals surface area contributed by atoms with E-state index in [1.807, 2.05) is 13.0 Å². The van der Waals surface area contributed by atoms with Crippen LogP contribution in [0, 0.1) is 17.0 Å². The van der Waals surface area contributed by atoms with E-state index in [1.165, 1.54) is 0 Å². The van der Waals surface area contributed by atoms with E-state index in [2.05, 4.69) is 15.3 Å². The van der Waals surface area contributed by atoms with Gasteiger partial charge in [0.1, 0.15) is 5.82 Å². The average Bonchev–Trinajstić information content (AvgIpc) is 2.91. The quantitative estimate of drug-likeness (QED) is 0.638. The summed E-state index contributed by atoms with van der Waals surface area (Å²) in [6.07, 6.45) is 4.28. The Balaban J connectivity index is 2.23. The van der Waals surface area contributed by atoms with E-state index in [1.54, 1.807) is 31.5 Å². The number of nitrogens with one attached hydrogen (secondary N) is 2. The Morgan fingerprint density at radius 2 is 2.32 bits per heavy atom. The van der Waals surface area contributed by atoms with E-state index in [4.69, 9.17) is 0 Å². The Morgan fingerprint density at radius 1 is 1.53 bits per heavy atom. The molecule has 2 aromatic rings. The van der Waals surface area contributed by atoms with Crippen LogP contribution in [0.4, 0.5) is 11.4 Å². The van der Waals surface area contributed by atoms with Crippen LogP contribution in [0.5, 0.6) is 0 Å². The van der Waals surface area contributed by atoms with Gasteiger partial charge in [-0.2, -0.15) is 0 Å². The van der Waals surface area contributed by atoms with Gasteiger partial charge in [-0.3, -0.25) is 10.1 Å². The van der Waals surface area contributed by atoms with Crippen LogP contribution in [0.2, 0.25) is 0 Å². The predicted octanol–water partition coefficient (Wildman–Crippen LogP) is 3.19. The number of aromatic nitrogens is 2. The molecule has 19 heavy (non-hydrogen) atoms. The van der Waals surface area contributed by atoms with Gasteiger partial charge in [0, 0.05) is 29.7 Å². The Labute approximate surface area is 111 Å². The highest BCUT2D eigenvalue weighted by atomic mass is 16.6.